The number of halogens is 1. The van der Waals surface area contributed by atoms with Crippen LogP contribution in [0.3, 0.4) is 0 Å². The quantitative estimate of drug-likeness (QED) is 0.925. The summed E-state index contributed by atoms with van der Waals surface area (Å²) in [6.45, 7) is 7.92. The molecule has 0 radical (unpaired) electrons. The number of hydrogen-bond donors (Lipinski definition) is 1. The highest BCUT2D eigenvalue weighted by atomic mass is 79.9. The van der Waals surface area contributed by atoms with Crippen molar-refractivity contribution in [3.05, 3.63) is 34.3 Å². The van der Waals surface area contributed by atoms with Crippen LogP contribution in [0.15, 0.2) is 28.7 Å². The molecule has 1 aliphatic heterocycles. The maximum absolute atomic E-state index is 6.24. The maximum Gasteiger partial charge on any atom is 0.0499 e. The molecular formula is C15H23BrN2. The number of benzene rings is 1. The van der Waals surface area contributed by atoms with Crippen LogP contribution in [-0.2, 0) is 0 Å². The Morgan fingerprint density at radius 3 is 2.33 bits per heavy atom. The molecule has 3 heteroatoms. The Bertz CT molecular complexity index is 388. The molecule has 0 bridgehead atoms. The summed E-state index contributed by atoms with van der Waals surface area (Å²) in [6.07, 6.45) is 1.28. The van der Waals surface area contributed by atoms with E-state index in [0.29, 0.717) is 12.1 Å². The second-order valence-corrected chi connectivity index (χ2v) is 6.66. The van der Waals surface area contributed by atoms with Crippen molar-refractivity contribution in [2.45, 2.75) is 45.3 Å². The number of nitrogens with two attached hydrogens (primary N) is 1. The van der Waals surface area contributed by atoms with Gasteiger partial charge < -0.3 is 5.73 Å². The van der Waals surface area contributed by atoms with E-state index in [1.54, 1.807) is 0 Å². The predicted molar refractivity (Wildman–Crippen MR) is 80.5 cm³/mol. The fraction of sp³-hybridized carbons (Fsp3) is 0.600. The molecule has 0 aliphatic carbocycles. The molecule has 2 rings (SSSR count). The first-order valence-electron chi connectivity index (χ1n) is 6.76. The molecule has 0 saturated carbocycles. The van der Waals surface area contributed by atoms with E-state index in [4.69, 9.17) is 5.73 Å². The highest BCUT2D eigenvalue weighted by Gasteiger charge is 2.34. The number of hydrogen-bond acceptors (Lipinski definition) is 2. The van der Waals surface area contributed by atoms with Gasteiger partial charge in [0.25, 0.3) is 0 Å². The van der Waals surface area contributed by atoms with Gasteiger partial charge in [-0.05, 0) is 43.9 Å². The van der Waals surface area contributed by atoms with Gasteiger partial charge in [-0.2, -0.15) is 0 Å². The summed E-state index contributed by atoms with van der Waals surface area (Å²) in [7, 11) is 0. The second kappa shape index (κ2) is 5.72. The number of nitrogens with zero attached hydrogens (tertiary/aromatic N) is 1. The van der Waals surface area contributed by atoms with Gasteiger partial charge in [0.1, 0.15) is 0 Å². The monoisotopic (exact) mass is 310 g/mol. The van der Waals surface area contributed by atoms with Crippen molar-refractivity contribution in [1.29, 1.82) is 0 Å². The molecule has 1 aromatic carbocycles. The maximum atomic E-state index is 6.24. The van der Waals surface area contributed by atoms with E-state index in [0.717, 1.165) is 16.9 Å². The van der Waals surface area contributed by atoms with Gasteiger partial charge in [0.2, 0.25) is 0 Å². The minimum atomic E-state index is 0.152. The highest BCUT2D eigenvalue weighted by molar-refractivity contribution is 9.10. The molecule has 1 aliphatic rings. The van der Waals surface area contributed by atoms with Gasteiger partial charge in [0.05, 0.1) is 0 Å². The molecule has 0 amide bonds. The molecule has 1 fully saturated rings. The zero-order chi connectivity index (χ0) is 13.3. The molecule has 1 heterocycles. The van der Waals surface area contributed by atoms with Crippen molar-refractivity contribution in [2.24, 2.45) is 11.7 Å². The lowest BCUT2D eigenvalue weighted by atomic mass is 9.98. The minimum absolute atomic E-state index is 0.152. The van der Waals surface area contributed by atoms with E-state index < -0.39 is 0 Å². The number of likely N-dealkylation sites (tertiary alicyclic amines) is 1. The molecule has 1 aromatic rings. The molecular weight excluding hydrogens is 288 g/mol. The summed E-state index contributed by atoms with van der Waals surface area (Å²) in [5, 5.41) is 0. The van der Waals surface area contributed by atoms with Gasteiger partial charge in [-0.3, -0.25) is 4.90 Å². The fourth-order valence-electron chi connectivity index (χ4n) is 3.18. The summed E-state index contributed by atoms with van der Waals surface area (Å²) >= 11 is 3.49. The van der Waals surface area contributed by atoms with E-state index in [1.807, 2.05) is 0 Å². The Morgan fingerprint density at radius 2 is 1.89 bits per heavy atom. The Morgan fingerprint density at radius 1 is 1.28 bits per heavy atom. The van der Waals surface area contributed by atoms with Crippen LogP contribution in [0.4, 0.5) is 0 Å². The van der Waals surface area contributed by atoms with Gasteiger partial charge in [-0.25, -0.2) is 0 Å². The van der Waals surface area contributed by atoms with Crippen molar-refractivity contribution in [3.63, 3.8) is 0 Å². The van der Waals surface area contributed by atoms with E-state index >= 15 is 0 Å². The molecule has 18 heavy (non-hydrogen) atoms. The second-order valence-electron chi connectivity index (χ2n) is 5.74. The molecule has 4 atom stereocenters. The van der Waals surface area contributed by atoms with Gasteiger partial charge in [0.15, 0.2) is 0 Å². The van der Waals surface area contributed by atoms with Crippen molar-refractivity contribution >= 4 is 15.9 Å². The standard InChI is InChI=1S/C15H23BrN2/c1-10-8-11(2)18(9-10)15(12(3)17)13-4-6-14(16)7-5-13/h4-7,10-12,15H,8-9,17H2,1-3H3. The largest absolute Gasteiger partial charge is 0.326 e. The summed E-state index contributed by atoms with van der Waals surface area (Å²) in [4.78, 5) is 2.57. The van der Waals surface area contributed by atoms with Gasteiger partial charge in [-0.1, -0.05) is 35.0 Å². The van der Waals surface area contributed by atoms with Crippen LogP contribution >= 0.6 is 15.9 Å². The summed E-state index contributed by atoms with van der Waals surface area (Å²) in [5.74, 6) is 0.775. The van der Waals surface area contributed by atoms with Crippen LogP contribution in [0.1, 0.15) is 38.8 Å². The first kappa shape index (κ1) is 14.0. The summed E-state index contributed by atoms with van der Waals surface area (Å²) in [5.41, 5.74) is 7.57. The zero-order valence-electron chi connectivity index (χ0n) is 11.4. The van der Waals surface area contributed by atoms with E-state index in [9.17, 15) is 0 Å². The first-order chi connectivity index (χ1) is 8.49. The molecule has 4 unspecified atom stereocenters. The normalized spacial score (nSPS) is 28.3. The molecule has 0 spiro atoms. The lowest BCUT2D eigenvalue weighted by Crippen LogP contribution is -2.41. The Balaban J connectivity index is 2.26. The third-order valence-electron chi connectivity index (χ3n) is 3.90. The molecule has 2 nitrogen and oxygen atoms in total. The van der Waals surface area contributed by atoms with Crippen molar-refractivity contribution in [3.8, 4) is 0 Å². The van der Waals surface area contributed by atoms with Crippen LogP contribution in [0, 0.1) is 5.92 Å². The Hall–Kier alpha value is -0.380. The van der Waals surface area contributed by atoms with Gasteiger partial charge >= 0.3 is 0 Å². The number of rotatable bonds is 3. The molecule has 1 saturated heterocycles. The predicted octanol–water partition coefficient (Wildman–Crippen LogP) is 3.57. The molecule has 0 aromatic heterocycles. The van der Waals surface area contributed by atoms with Crippen molar-refractivity contribution in [2.75, 3.05) is 6.54 Å². The van der Waals surface area contributed by atoms with Crippen LogP contribution in [0.5, 0.6) is 0 Å². The third-order valence-corrected chi connectivity index (χ3v) is 4.43. The van der Waals surface area contributed by atoms with Crippen molar-refractivity contribution < 1.29 is 0 Å². The Labute approximate surface area is 119 Å². The lowest BCUT2D eigenvalue weighted by molar-refractivity contribution is 0.167. The third kappa shape index (κ3) is 2.95. The van der Waals surface area contributed by atoms with Crippen LogP contribution in [0.25, 0.3) is 0 Å². The smallest absolute Gasteiger partial charge is 0.0499 e. The summed E-state index contributed by atoms with van der Waals surface area (Å²) < 4.78 is 1.12. The van der Waals surface area contributed by atoms with E-state index in [2.05, 4.69) is 65.9 Å². The average Bonchev–Trinajstić information content (AvgIpc) is 2.61. The van der Waals surface area contributed by atoms with Crippen LogP contribution in [0.2, 0.25) is 0 Å². The zero-order valence-corrected chi connectivity index (χ0v) is 13.0. The Kier molecular flexibility index (Phi) is 4.46. The van der Waals surface area contributed by atoms with Crippen LogP contribution < -0.4 is 5.73 Å². The van der Waals surface area contributed by atoms with Gasteiger partial charge in [-0.15, -0.1) is 0 Å². The average molecular weight is 311 g/mol. The summed E-state index contributed by atoms with van der Waals surface area (Å²) in [6, 6.07) is 9.70. The first-order valence-corrected chi connectivity index (χ1v) is 7.55. The van der Waals surface area contributed by atoms with Gasteiger partial charge in [0, 0.05) is 29.1 Å². The fourth-order valence-corrected chi connectivity index (χ4v) is 3.44. The SMILES string of the molecule is CC1CC(C)N(C(c2ccc(Br)cc2)C(C)N)C1. The molecule has 2 N–H and O–H groups in total. The highest BCUT2D eigenvalue weighted by Crippen LogP contribution is 2.33. The van der Waals surface area contributed by atoms with Crippen LogP contribution in [-0.4, -0.2) is 23.5 Å². The molecule has 100 valence electrons. The lowest BCUT2D eigenvalue weighted by Gasteiger charge is -2.34. The topological polar surface area (TPSA) is 29.3 Å². The van der Waals surface area contributed by atoms with Crippen molar-refractivity contribution in [1.82, 2.24) is 4.90 Å². The minimum Gasteiger partial charge on any atom is -0.326 e. The van der Waals surface area contributed by atoms with E-state index in [-0.39, 0.29) is 6.04 Å². The van der Waals surface area contributed by atoms with E-state index in [1.165, 1.54) is 12.0 Å².